The van der Waals surface area contributed by atoms with E-state index in [0.717, 1.165) is 11.3 Å². The lowest BCUT2D eigenvalue weighted by atomic mass is 9.87. The number of hydrogen-bond acceptors (Lipinski definition) is 3. The molecule has 1 rings (SSSR count). The van der Waals surface area contributed by atoms with E-state index in [9.17, 15) is 5.11 Å². The van der Waals surface area contributed by atoms with Gasteiger partial charge in [0.2, 0.25) is 0 Å². The quantitative estimate of drug-likeness (QED) is 0.839. The highest BCUT2D eigenvalue weighted by Crippen LogP contribution is 2.35. The molecule has 2 nitrogen and oxygen atoms in total. The Morgan fingerprint density at radius 1 is 1.53 bits per heavy atom. The van der Waals surface area contributed by atoms with Crippen molar-refractivity contribution in [3.05, 3.63) is 21.9 Å². The zero-order valence-electron chi connectivity index (χ0n) is 9.91. The van der Waals surface area contributed by atoms with Gasteiger partial charge in [-0.25, -0.2) is 0 Å². The molecule has 0 saturated heterocycles. The summed E-state index contributed by atoms with van der Waals surface area (Å²) in [6.45, 7) is 6.71. The molecule has 15 heavy (non-hydrogen) atoms. The van der Waals surface area contributed by atoms with E-state index < -0.39 is 5.60 Å². The topological polar surface area (TPSA) is 29.5 Å². The first kappa shape index (κ1) is 12.7. The minimum Gasteiger partial charge on any atom is -0.385 e. The van der Waals surface area contributed by atoms with Crippen LogP contribution in [-0.4, -0.2) is 18.8 Å². The number of aliphatic hydroxyl groups is 1. The van der Waals surface area contributed by atoms with Crippen LogP contribution in [0.15, 0.2) is 12.1 Å². The molecule has 0 aliphatic heterocycles. The monoisotopic (exact) mass is 228 g/mol. The Hall–Kier alpha value is -0.380. The predicted octanol–water partition coefficient (Wildman–Crippen LogP) is 2.94. The van der Waals surface area contributed by atoms with Gasteiger partial charge in [-0.05, 0) is 38.3 Å². The van der Waals surface area contributed by atoms with Crippen molar-refractivity contribution >= 4 is 11.3 Å². The Kier molecular flexibility index (Phi) is 4.32. The number of rotatable bonds is 5. The lowest BCUT2D eigenvalue weighted by Gasteiger charge is -2.29. The molecule has 0 fully saturated rings. The smallest absolute Gasteiger partial charge is 0.0986 e. The second kappa shape index (κ2) is 5.10. The fourth-order valence-corrected chi connectivity index (χ4v) is 2.55. The van der Waals surface area contributed by atoms with Gasteiger partial charge in [0, 0.05) is 23.5 Å². The summed E-state index contributed by atoms with van der Waals surface area (Å²) in [6, 6.07) is 4.07. The second-order valence-corrected chi connectivity index (χ2v) is 5.53. The van der Waals surface area contributed by atoms with Gasteiger partial charge in [-0.2, -0.15) is 0 Å². The van der Waals surface area contributed by atoms with Crippen molar-refractivity contribution in [3.63, 3.8) is 0 Å². The van der Waals surface area contributed by atoms with Gasteiger partial charge in [0.1, 0.15) is 0 Å². The highest BCUT2D eigenvalue weighted by atomic mass is 32.1. The number of ether oxygens (including phenoxy) is 1. The third-order valence-corrected chi connectivity index (χ3v) is 4.18. The molecule has 0 spiro atoms. The zero-order valence-corrected chi connectivity index (χ0v) is 10.7. The summed E-state index contributed by atoms with van der Waals surface area (Å²) in [5, 5.41) is 10.4. The summed E-state index contributed by atoms with van der Waals surface area (Å²) < 4.78 is 5.04. The molecule has 1 aromatic heterocycles. The van der Waals surface area contributed by atoms with E-state index >= 15 is 0 Å². The number of aryl methyl sites for hydroxylation is 1. The number of hydrogen-bond donors (Lipinski definition) is 1. The highest BCUT2D eigenvalue weighted by Gasteiger charge is 2.31. The van der Waals surface area contributed by atoms with E-state index in [-0.39, 0.29) is 5.92 Å². The molecule has 2 atom stereocenters. The largest absolute Gasteiger partial charge is 0.385 e. The van der Waals surface area contributed by atoms with Gasteiger partial charge in [0.25, 0.3) is 0 Å². The van der Waals surface area contributed by atoms with Crippen LogP contribution in [0.4, 0.5) is 0 Å². The van der Waals surface area contributed by atoms with Crippen molar-refractivity contribution in [2.75, 3.05) is 13.7 Å². The van der Waals surface area contributed by atoms with Crippen LogP contribution in [0.5, 0.6) is 0 Å². The molecule has 1 aromatic rings. The van der Waals surface area contributed by atoms with Crippen LogP contribution in [0.2, 0.25) is 0 Å². The van der Waals surface area contributed by atoms with Crippen LogP contribution in [0.1, 0.15) is 30.0 Å². The highest BCUT2D eigenvalue weighted by molar-refractivity contribution is 7.12. The summed E-state index contributed by atoms with van der Waals surface area (Å²) >= 11 is 1.67. The summed E-state index contributed by atoms with van der Waals surface area (Å²) in [7, 11) is 1.69. The van der Waals surface area contributed by atoms with Gasteiger partial charge in [-0.15, -0.1) is 11.3 Å². The third-order valence-electron chi connectivity index (χ3n) is 2.95. The van der Waals surface area contributed by atoms with Crippen LogP contribution in [0.25, 0.3) is 0 Å². The van der Waals surface area contributed by atoms with Gasteiger partial charge in [0.05, 0.1) is 5.60 Å². The first-order valence-electron chi connectivity index (χ1n) is 5.26. The minimum absolute atomic E-state index is 0.204. The standard InChI is InChI=1S/C12H20O2S/c1-9(7-8-14-4)12(3,13)11-6-5-10(2)15-11/h5-6,9,13H,7-8H2,1-4H3. The number of thiophene rings is 1. The molecule has 0 bridgehead atoms. The van der Waals surface area contributed by atoms with Crippen molar-refractivity contribution in [2.24, 2.45) is 5.92 Å². The van der Waals surface area contributed by atoms with Gasteiger partial charge in [0.15, 0.2) is 0 Å². The summed E-state index contributed by atoms with van der Waals surface area (Å²) in [5.74, 6) is 0.204. The van der Waals surface area contributed by atoms with Crippen LogP contribution < -0.4 is 0 Å². The average Bonchev–Trinajstić information content (AvgIpc) is 2.61. The molecule has 0 aliphatic rings. The minimum atomic E-state index is -0.739. The molecule has 0 radical (unpaired) electrons. The molecule has 2 unspecified atom stereocenters. The molecule has 0 saturated carbocycles. The SMILES string of the molecule is COCCC(C)C(C)(O)c1ccc(C)s1. The van der Waals surface area contributed by atoms with Crippen molar-refractivity contribution in [2.45, 2.75) is 32.8 Å². The van der Waals surface area contributed by atoms with Crippen LogP contribution in [0.3, 0.4) is 0 Å². The Bertz CT molecular complexity index is 304. The third kappa shape index (κ3) is 3.03. The molecule has 1 N–H and O–H groups in total. The van der Waals surface area contributed by atoms with Gasteiger partial charge in [-0.3, -0.25) is 0 Å². The first-order chi connectivity index (χ1) is 6.98. The normalized spacial score (nSPS) is 17.4. The van der Waals surface area contributed by atoms with Crippen molar-refractivity contribution < 1.29 is 9.84 Å². The van der Waals surface area contributed by atoms with E-state index in [2.05, 4.69) is 19.9 Å². The summed E-state index contributed by atoms with van der Waals surface area (Å²) in [5.41, 5.74) is -0.739. The Morgan fingerprint density at radius 3 is 2.67 bits per heavy atom. The van der Waals surface area contributed by atoms with Crippen LogP contribution in [0, 0.1) is 12.8 Å². The molecular formula is C12H20O2S. The lowest BCUT2D eigenvalue weighted by Crippen LogP contribution is -2.29. The lowest BCUT2D eigenvalue weighted by molar-refractivity contribution is -0.00745. The van der Waals surface area contributed by atoms with E-state index in [1.807, 2.05) is 13.0 Å². The van der Waals surface area contributed by atoms with Crippen molar-refractivity contribution in [1.29, 1.82) is 0 Å². The maximum Gasteiger partial charge on any atom is 0.0986 e. The predicted molar refractivity (Wildman–Crippen MR) is 64.3 cm³/mol. The molecular weight excluding hydrogens is 208 g/mol. The molecule has 0 aromatic carbocycles. The summed E-state index contributed by atoms with van der Waals surface area (Å²) in [6.07, 6.45) is 0.875. The maximum atomic E-state index is 10.4. The van der Waals surface area contributed by atoms with Gasteiger partial charge in [-0.1, -0.05) is 6.92 Å². The van der Waals surface area contributed by atoms with Crippen LogP contribution >= 0.6 is 11.3 Å². The molecule has 1 heterocycles. The van der Waals surface area contributed by atoms with Gasteiger partial charge >= 0.3 is 0 Å². The fraction of sp³-hybridized carbons (Fsp3) is 0.667. The Balaban J connectivity index is 2.72. The molecule has 0 amide bonds. The van der Waals surface area contributed by atoms with E-state index in [1.54, 1.807) is 18.4 Å². The molecule has 3 heteroatoms. The number of methoxy groups -OCH3 is 1. The van der Waals surface area contributed by atoms with Crippen LogP contribution in [-0.2, 0) is 10.3 Å². The maximum absolute atomic E-state index is 10.4. The van der Waals surface area contributed by atoms with E-state index in [1.165, 1.54) is 4.88 Å². The Labute approximate surface area is 95.9 Å². The molecule has 86 valence electrons. The van der Waals surface area contributed by atoms with E-state index in [0.29, 0.717) is 6.61 Å². The first-order valence-corrected chi connectivity index (χ1v) is 6.08. The van der Waals surface area contributed by atoms with Crippen molar-refractivity contribution in [1.82, 2.24) is 0 Å². The van der Waals surface area contributed by atoms with Crippen molar-refractivity contribution in [3.8, 4) is 0 Å². The summed E-state index contributed by atoms with van der Waals surface area (Å²) in [4.78, 5) is 2.29. The van der Waals surface area contributed by atoms with Gasteiger partial charge < -0.3 is 9.84 Å². The fourth-order valence-electron chi connectivity index (χ4n) is 1.53. The Morgan fingerprint density at radius 2 is 2.20 bits per heavy atom. The van der Waals surface area contributed by atoms with E-state index in [4.69, 9.17) is 4.74 Å². The average molecular weight is 228 g/mol. The second-order valence-electron chi connectivity index (χ2n) is 4.24. The zero-order chi connectivity index (χ0) is 11.5. The molecule has 0 aliphatic carbocycles.